The molecule has 0 spiro atoms. The highest BCUT2D eigenvalue weighted by molar-refractivity contribution is 6.00. The SMILES string of the molecule is CCCCCCCCCCCCCC(=O)NCC(=O)N[C@@H](CC(=O)NC(c1ccccc1)(c1ccccc1)c1ccccc1)C(=O)N[C@@H](CC(C)C)C(=O)N[C@@H](CCCCNC(=O)OC(C)(C)C)C(=O)N[C@@H](COC(C)(C)C)C(=O)N[C@H](C(=O)NCC(=O)N[C@@H](CCC(=O)NC(c1ccccc1)(c1ccccc1)c1ccccc1)C(=O)N[C@@H](CCC(=O)OC(C)(C)C)C(=O)N1CCC[C@H]1C(=O)O)C(C)C. The minimum absolute atomic E-state index is 0.00937. The van der Waals surface area contributed by atoms with Gasteiger partial charge in [0, 0.05) is 32.4 Å². The number of nitrogens with zero attached hydrogens (tertiary/aromatic N) is 1. The highest BCUT2D eigenvalue weighted by Gasteiger charge is 2.44. The summed E-state index contributed by atoms with van der Waals surface area (Å²) < 4.78 is 17.2. The van der Waals surface area contributed by atoms with Crippen LogP contribution >= 0.6 is 0 Å². The number of esters is 1. The van der Waals surface area contributed by atoms with E-state index in [1.807, 2.05) is 182 Å². The third-order valence-electron chi connectivity index (χ3n) is 23.7. The zero-order valence-corrected chi connectivity index (χ0v) is 84.1. The number of carbonyl (C=O) groups excluding carboxylic acids is 14. The molecular formula is C108H151N13O19. The monoisotopic (exact) mass is 1930 g/mol. The fourth-order valence-electron chi connectivity index (χ4n) is 16.8. The summed E-state index contributed by atoms with van der Waals surface area (Å²) in [6.45, 7) is 22.1. The van der Waals surface area contributed by atoms with Crippen molar-refractivity contribution >= 4 is 88.9 Å². The Balaban J connectivity index is 1.16. The Hall–Kier alpha value is -12.9. The number of carboxylic acid groups (broad SMARTS) is 1. The van der Waals surface area contributed by atoms with Crippen LogP contribution in [0.3, 0.4) is 0 Å². The largest absolute Gasteiger partial charge is 0.480 e. The number of benzene rings is 6. The Labute approximate surface area is 825 Å². The van der Waals surface area contributed by atoms with Crippen molar-refractivity contribution < 1.29 is 91.2 Å². The Morgan fingerprint density at radius 1 is 0.379 bits per heavy atom. The molecular weight excluding hydrogens is 1780 g/mol. The van der Waals surface area contributed by atoms with Gasteiger partial charge in [0.25, 0.3) is 0 Å². The number of likely N-dealkylation sites (tertiary alicyclic amines) is 1. The van der Waals surface area contributed by atoms with Crippen molar-refractivity contribution in [3.63, 3.8) is 0 Å². The molecule has 0 radical (unpaired) electrons. The summed E-state index contributed by atoms with van der Waals surface area (Å²) in [7, 11) is 0. The zero-order chi connectivity index (χ0) is 103. The molecule has 140 heavy (non-hydrogen) atoms. The minimum atomic E-state index is -1.71. The van der Waals surface area contributed by atoms with Gasteiger partial charge in [0.15, 0.2) is 0 Å². The Morgan fingerprint density at radius 2 is 0.779 bits per heavy atom. The zero-order valence-electron chi connectivity index (χ0n) is 84.1. The van der Waals surface area contributed by atoms with Crippen LogP contribution in [-0.2, 0) is 92.4 Å². The predicted octanol–water partition coefficient (Wildman–Crippen LogP) is 12.1. The Kier molecular flexibility index (Phi) is 46.5. The number of aliphatic carboxylic acids is 1. The molecule has 0 aliphatic carbocycles. The van der Waals surface area contributed by atoms with Crippen LogP contribution in [0.2, 0.25) is 0 Å². The second-order valence-electron chi connectivity index (χ2n) is 39.7. The number of nitrogens with one attached hydrogen (secondary N) is 12. The average molecular weight is 1940 g/mol. The molecule has 32 nitrogen and oxygen atoms in total. The van der Waals surface area contributed by atoms with E-state index in [-0.39, 0.29) is 69.9 Å². The van der Waals surface area contributed by atoms with Crippen molar-refractivity contribution in [3.05, 3.63) is 215 Å². The lowest BCUT2D eigenvalue weighted by Gasteiger charge is -2.37. The lowest BCUT2D eigenvalue weighted by Crippen LogP contribution is -2.61. The van der Waals surface area contributed by atoms with E-state index in [2.05, 4.69) is 70.7 Å². The number of unbranched alkanes of at least 4 members (excludes halogenated alkanes) is 11. The fourth-order valence-corrected chi connectivity index (χ4v) is 16.8. The van der Waals surface area contributed by atoms with Gasteiger partial charge in [0.05, 0.1) is 31.7 Å². The summed E-state index contributed by atoms with van der Waals surface area (Å²) in [5.74, 6) is -13.2. The van der Waals surface area contributed by atoms with Crippen molar-refractivity contribution in [1.29, 1.82) is 0 Å². The van der Waals surface area contributed by atoms with Crippen LogP contribution in [-0.4, -0.2) is 197 Å². The molecule has 0 saturated carbocycles. The summed E-state index contributed by atoms with van der Waals surface area (Å²) in [6.07, 6.45) is 9.38. The second-order valence-corrected chi connectivity index (χ2v) is 39.7. The molecule has 0 bridgehead atoms. The van der Waals surface area contributed by atoms with Gasteiger partial charge in [0.2, 0.25) is 70.9 Å². The molecule has 1 fully saturated rings. The number of hydrogen-bond acceptors (Lipinski definition) is 18. The van der Waals surface area contributed by atoms with Crippen LogP contribution in [0.4, 0.5) is 4.79 Å². The molecule has 1 aliphatic heterocycles. The fraction of sp³-hybridized carbons (Fsp3) is 0.528. The van der Waals surface area contributed by atoms with Gasteiger partial charge in [-0.05, 0) is 165 Å². The van der Waals surface area contributed by atoms with Crippen LogP contribution in [0.25, 0.3) is 0 Å². The molecule has 7 rings (SSSR count). The number of alkyl carbamates (subject to hydrolysis) is 1. The molecule has 32 heteroatoms. The van der Waals surface area contributed by atoms with Crippen molar-refractivity contribution in [1.82, 2.24) is 68.7 Å². The van der Waals surface area contributed by atoms with E-state index in [0.717, 1.165) is 30.6 Å². The van der Waals surface area contributed by atoms with Gasteiger partial charge in [-0.1, -0.05) is 281 Å². The maximum Gasteiger partial charge on any atom is 0.407 e. The molecule has 1 saturated heterocycles. The number of carbonyl (C=O) groups is 15. The standard InChI is InChI=1S/C108H151N13O19/c1-15-16-17-18-19-20-21-22-23-24-43-61-88(122)110-70-91(125)113-85(69-90(124)120-108(78-53-37-28-38-54-78,79-55-39-29-40-56-79)80-57-41-30-42-58-80)98(131)116-84(68-73(2)3)97(130)114-81(59-44-45-66-109-103(137)140-106(12,13)14)95(128)117-86(72-138-104(6,7)8)99(132)118-94(74(4)5)100(133)111-71-92(126)112-82(96(129)115-83(63-65-93(127)139-105(9,10)11)101(134)121-67-46-60-87(121)102(135)136)62-64-89(123)119-107(75-47-31-25-32-48-75,76-49-33-26-34-50-76)77-51-35-27-36-52-77/h25-42,47-58,73-74,81-87,94H,15-24,43-46,59-72H2,1-14H3,(H,109,137)(H,110,122)(H,111,133)(H,112,126)(H,113,125)(H,114,130)(H,115,129)(H,116,131)(H,117,128)(H,118,132)(H,119,123)(H,120,124)(H,135,136)/t81-,82-,83-,84-,85-,86-,87-,94-/m0/s1. The maximum absolute atomic E-state index is 15.3. The first-order valence-electron chi connectivity index (χ1n) is 49.5. The second kappa shape index (κ2) is 57.0. The van der Waals surface area contributed by atoms with Gasteiger partial charge in [-0.2, -0.15) is 0 Å². The highest BCUT2D eigenvalue weighted by Crippen LogP contribution is 2.39. The third kappa shape index (κ3) is 38.4. The Morgan fingerprint density at radius 3 is 1.23 bits per heavy atom. The smallest absolute Gasteiger partial charge is 0.407 e. The number of carboxylic acids is 1. The first-order valence-corrected chi connectivity index (χ1v) is 49.5. The molecule has 13 amide bonds. The van der Waals surface area contributed by atoms with Gasteiger partial charge in [-0.3, -0.25) is 62.3 Å². The topological polar surface area (TPSA) is 452 Å². The van der Waals surface area contributed by atoms with E-state index < -0.39 is 211 Å². The molecule has 0 aromatic heterocycles. The lowest BCUT2D eigenvalue weighted by molar-refractivity contribution is -0.156. The van der Waals surface area contributed by atoms with Gasteiger partial charge in [-0.25, -0.2) is 9.59 Å². The number of ether oxygens (including phenoxy) is 3. The highest BCUT2D eigenvalue weighted by atomic mass is 16.6. The molecule has 1 heterocycles. The number of amides is 13. The van der Waals surface area contributed by atoms with E-state index in [9.17, 15) is 48.3 Å². The molecule has 6 aromatic rings. The van der Waals surface area contributed by atoms with Crippen LogP contribution in [0.15, 0.2) is 182 Å². The van der Waals surface area contributed by atoms with Crippen molar-refractivity contribution in [2.45, 2.75) is 321 Å². The average Bonchev–Trinajstić information content (AvgIpc) is 0.831. The predicted molar refractivity (Wildman–Crippen MR) is 535 cm³/mol. The quantitative estimate of drug-likeness (QED) is 0.00958. The Bertz CT molecular complexity index is 4780. The van der Waals surface area contributed by atoms with Crippen LogP contribution in [0, 0.1) is 11.8 Å². The van der Waals surface area contributed by atoms with E-state index in [4.69, 9.17) is 14.2 Å². The van der Waals surface area contributed by atoms with Gasteiger partial charge < -0.3 is 88.0 Å². The van der Waals surface area contributed by atoms with E-state index >= 15 is 28.8 Å². The molecule has 1 aliphatic rings. The van der Waals surface area contributed by atoms with Crippen LogP contribution < -0.4 is 63.8 Å². The van der Waals surface area contributed by atoms with Crippen molar-refractivity contribution in [2.24, 2.45) is 11.8 Å². The minimum Gasteiger partial charge on any atom is -0.480 e. The lowest BCUT2D eigenvalue weighted by atomic mass is 9.77. The van der Waals surface area contributed by atoms with Gasteiger partial charge >= 0.3 is 18.0 Å². The summed E-state index contributed by atoms with van der Waals surface area (Å²) in [5, 5.41) is 43.6. The first-order chi connectivity index (χ1) is 66.5. The maximum atomic E-state index is 15.3. The van der Waals surface area contributed by atoms with Crippen LogP contribution in [0.1, 0.15) is 278 Å². The molecule has 762 valence electrons. The van der Waals surface area contributed by atoms with E-state index in [0.29, 0.717) is 46.2 Å². The van der Waals surface area contributed by atoms with Crippen LogP contribution in [0.5, 0.6) is 0 Å². The van der Waals surface area contributed by atoms with Crippen molar-refractivity contribution in [3.8, 4) is 0 Å². The van der Waals surface area contributed by atoms with Gasteiger partial charge in [-0.15, -0.1) is 0 Å². The normalized spacial score (nSPS) is 14.3. The molecule has 8 atom stereocenters. The van der Waals surface area contributed by atoms with Crippen molar-refractivity contribution in [2.75, 3.05) is 32.8 Å². The first kappa shape index (κ1) is 114. The third-order valence-corrected chi connectivity index (χ3v) is 23.7. The molecule has 0 unspecified atom stereocenters. The summed E-state index contributed by atoms with van der Waals surface area (Å²) in [4.78, 5) is 218. The molecule has 13 N–H and O–H groups in total. The van der Waals surface area contributed by atoms with Gasteiger partial charge in [0.1, 0.15) is 70.6 Å². The number of rotatable bonds is 57. The van der Waals surface area contributed by atoms with E-state index in [1.54, 1.807) is 90.0 Å². The summed E-state index contributed by atoms with van der Waals surface area (Å²) in [5.41, 5.74) is -1.49. The molecule has 6 aromatic carbocycles. The summed E-state index contributed by atoms with van der Waals surface area (Å²) in [6, 6.07) is 42.8. The number of hydrogen-bond donors (Lipinski definition) is 13. The van der Waals surface area contributed by atoms with E-state index in [1.165, 1.54) is 38.5 Å². The summed E-state index contributed by atoms with van der Waals surface area (Å²) >= 11 is 0.